The van der Waals surface area contributed by atoms with E-state index < -0.39 is 15.9 Å². The van der Waals surface area contributed by atoms with Gasteiger partial charge >= 0.3 is 0 Å². The second kappa shape index (κ2) is 5.26. The largest absolute Gasteiger partial charge is 0.364 e. The molecule has 0 saturated carbocycles. The molecule has 0 saturated heterocycles. The van der Waals surface area contributed by atoms with Gasteiger partial charge in [0.1, 0.15) is 10.6 Å². The average molecular weight is 424 g/mol. The van der Waals surface area contributed by atoms with Crippen LogP contribution in [0.4, 0.5) is 0 Å². The minimum Gasteiger partial charge on any atom is -0.364 e. The lowest BCUT2D eigenvalue weighted by Gasteiger charge is -2.13. The summed E-state index contributed by atoms with van der Waals surface area (Å²) in [5.41, 5.74) is 6.32. The number of aromatic amines is 1. The topological polar surface area (TPSA) is 117 Å². The monoisotopic (exact) mass is 424 g/mol. The third-order valence-corrected chi connectivity index (χ3v) is 5.16. The van der Waals surface area contributed by atoms with Crippen LogP contribution in [-0.2, 0) is 10.0 Å². The van der Waals surface area contributed by atoms with Gasteiger partial charge in [-0.3, -0.25) is 14.5 Å². The minimum absolute atomic E-state index is 0. The molecule has 0 spiro atoms. The molecular weight excluding hydrogens is 415 g/mol. The molecule has 0 atom stereocenters. The van der Waals surface area contributed by atoms with Gasteiger partial charge in [0.2, 0.25) is 0 Å². The van der Waals surface area contributed by atoms with E-state index in [2.05, 4.69) is 14.7 Å². The fourth-order valence-corrected chi connectivity index (χ4v) is 4.22. The van der Waals surface area contributed by atoms with Crippen LogP contribution in [0, 0.1) is 0 Å². The summed E-state index contributed by atoms with van der Waals surface area (Å²) in [4.78, 5) is 18.0. The fraction of sp³-hybridized carbons (Fsp3) is 0. The molecule has 1 aromatic rings. The summed E-state index contributed by atoms with van der Waals surface area (Å²) in [6.07, 6.45) is 4.21. The van der Waals surface area contributed by atoms with Crippen molar-refractivity contribution in [3.63, 3.8) is 0 Å². The summed E-state index contributed by atoms with van der Waals surface area (Å²) < 4.78 is 26.8. The number of thioether (sulfide) groups is 1. The molecule has 1 aromatic heterocycles. The zero-order chi connectivity index (χ0) is 13.6. The van der Waals surface area contributed by atoms with Crippen LogP contribution in [0.3, 0.4) is 0 Å². The molecule has 7 nitrogen and oxygen atoms in total. The number of aliphatic imine (C=N–C) groups is 1. The second-order valence-electron chi connectivity index (χ2n) is 3.84. The number of amides is 1. The number of carbonyl (C=O) groups is 1. The number of carbonyl (C=O) groups excluding carboxylic acids is 1. The standard InChI is InChI=1S/C10H8N4O3S2.HI/c11-10(15)8-9-7(3-13-8)19(16,17)14-6-2-12-1-5(6)4-18-9;/h1-4,13-14H,(H2,11,15);1H. The van der Waals surface area contributed by atoms with Gasteiger partial charge in [-0.1, -0.05) is 11.8 Å². The predicted molar refractivity (Wildman–Crippen MR) is 85.6 cm³/mol. The number of nitrogens with two attached hydrogens (primary N) is 1. The first kappa shape index (κ1) is 15.1. The molecule has 0 bridgehead atoms. The van der Waals surface area contributed by atoms with Crippen LogP contribution < -0.4 is 10.5 Å². The number of halogens is 1. The van der Waals surface area contributed by atoms with Gasteiger partial charge in [-0.05, 0) is 5.41 Å². The van der Waals surface area contributed by atoms with Crippen LogP contribution in [-0.4, -0.2) is 25.5 Å². The van der Waals surface area contributed by atoms with Crippen molar-refractivity contribution in [2.24, 2.45) is 10.7 Å². The zero-order valence-electron chi connectivity index (χ0n) is 9.78. The Hall–Kier alpha value is -1.27. The van der Waals surface area contributed by atoms with Crippen molar-refractivity contribution < 1.29 is 13.2 Å². The molecule has 3 heterocycles. The highest BCUT2D eigenvalue weighted by atomic mass is 127. The normalized spacial score (nSPS) is 18.4. The Morgan fingerprint density at radius 2 is 2.15 bits per heavy atom. The van der Waals surface area contributed by atoms with E-state index in [9.17, 15) is 13.2 Å². The first-order valence-electron chi connectivity index (χ1n) is 5.13. The Labute approximate surface area is 135 Å². The Balaban J connectivity index is 0.00000147. The van der Waals surface area contributed by atoms with Crippen molar-refractivity contribution >= 4 is 57.9 Å². The third-order valence-electron chi connectivity index (χ3n) is 2.61. The smallest absolute Gasteiger partial charge is 0.266 e. The van der Waals surface area contributed by atoms with Crippen LogP contribution in [0.2, 0.25) is 0 Å². The summed E-state index contributed by atoms with van der Waals surface area (Å²) in [5, 5.41) is 1.71. The van der Waals surface area contributed by atoms with Crippen LogP contribution in [0.5, 0.6) is 0 Å². The van der Waals surface area contributed by atoms with Crippen molar-refractivity contribution in [1.29, 1.82) is 0 Å². The van der Waals surface area contributed by atoms with E-state index in [-0.39, 0.29) is 39.5 Å². The van der Waals surface area contributed by atoms with E-state index in [1.54, 1.807) is 5.41 Å². The van der Waals surface area contributed by atoms with Gasteiger partial charge in [0.05, 0.1) is 16.8 Å². The van der Waals surface area contributed by atoms with Crippen LogP contribution in [0.1, 0.15) is 10.5 Å². The number of primary amides is 1. The Morgan fingerprint density at radius 3 is 2.85 bits per heavy atom. The van der Waals surface area contributed by atoms with Gasteiger partial charge < -0.3 is 10.7 Å². The number of allylic oxidation sites excluding steroid dienone is 1. The number of hydrogen-bond acceptors (Lipinski definition) is 5. The zero-order valence-corrected chi connectivity index (χ0v) is 13.7. The summed E-state index contributed by atoms with van der Waals surface area (Å²) in [6, 6.07) is 0. The van der Waals surface area contributed by atoms with E-state index in [4.69, 9.17) is 5.73 Å². The number of nitrogens with zero attached hydrogens (tertiary/aromatic N) is 1. The molecule has 0 fully saturated rings. The maximum atomic E-state index is 12.2. The number of rotatable bonds is 1. The number of fused-ring (bicyclic) bond motifs is 2. The predicted octanol–water partition coefficient (Wildman–Crippen LogP) is 0.925. The van der Waals surface area contributed by atoms with Gasteiger partial charge in [0, 0.05) is 18.0 Å². The van der Waals surface area contributed by atoms with E-state index >= 15 is 0 Å². The lowest BCUT2D eigenvalue weighted by molar-refractivity contribution is 0.0993. The molecule has 0 aromatic carbocycles. The van der Waals surface area contributed by atoms with Gasteiger partial charge in [0.15, 0.2) is 0 Å². The molecule has 3 rings (SSSR count). The summed E-state index contributed by atoms with van der Waals surface area (Å²) in [5.74, 6) is -0.709. The third kappa shape index (κ3) is 2.38. The van der Waals surface area contributed by atoms with Crippen LogP contribution in [0.15, 0.2) is 43.9 Å². The van der Waals surface area contributed by atoms with Gasteiger partial charge in [0.25, 0.3) is 15.9 Å². The Morgan fingerprint density at radius 1 is 1.40 bits per heavy atom. The molecule has 20 heavy (non-hydrogen) atoms. The number of hydrogen-bond donors (Lipinski definition) is 3. The van der Waals surface area contributed by atoms with Gasteiger partial charge in [-0.25, -0.2) is 8.42 Å². The number of nitrogens with one attached hydrogen (secondary N) is 2. The molecule has 0 unspecified atom stereocenters. The highest BCUT2D eigenvalue weighted by molar-refractivity contribution is 14.0. The van der Waals surface area contributed by atoms with Crippen LogP contribution >= 0.6 is 35.7 Å². The lowest BCUT2D eigenvalue weighted by atomic mass is 10.3. The van der Waals surface area contributed by atoms with Gasteiger partial charge in [-0.15, -0.1) is 24.0 Å². The molecule has 0 radical (unpaired) electrons. The highest BCUT2D eigenvalue weighted by Crippen LogP contribution is 2.35. The van der Waals surface area contributed by atoms with E-state index in [1.165, 1.54) is 18.6 Å². The summed E-state index contributed by atoms with van der Waals surface area (Å²) in [7, 11) is -3.77. The Bertz CT molecular complexity index is 776. The molecular formula is C10H9IN4O3S2. The number of H-pyrrole nitrogens is 1. The minimum atomic E-state index is -3.77. The van der Waals surface area contributed by atoms with E-state index in [0.29, 0.717) is 11.3 Å². The second-order valence-corrected chi connectivity index (χ2v) is 6.37. The number of sulfonamides is 1. The summed E-state index contributed by atoms with van der Waals surface area (Å²) >= 11 is 1.12. The molecule has 1 amide bonds. The van der Waals surface area contributed by atoms with E-state index in [0.717, 1.165) is 11.8 Å². The number of aromatic nitrogens is 1. The molecule has 10 heteroatoms. The van der Waals surface area contributed by atoms with Crippen molar-refractivity contribution in [3.8, 4) is 0 Å². The van der Waals surface area contributed by atoms with Crippen molar-refractivity contribution in [2.75, 3.05) is 0 Å². The van der Waals surface area contributed by atoms with Crippen molar-refractivity contribution in [1.82, 2.24) is 9.71 Å². The van der Waals surface area contributed by atoms with E-state index in [1.807, 2.05) is 0 Å². The Kier molecular flexibility index (Phi) is 3.97. The van der Waals surface area contributed by atoms with Gasteiger partial charge in [-0.2, -0.15) is 0 Å². The first-order chi connectivity index (χ1) is 8.99. The first-order valence-corrected chi connectivity index (χ1v) is 7.50. The highest BCUT2D eigenvalue weighted by Gasteiger charge is 2.28. The van der Waals surface area contributed by atoms with Crippen molar-refractivity contribution in [3.05, 3.63) is 34.8 Å². The quantitative estimate of drug-likeness (QED) is 0.582. The van der Waals surface area contributed by atoms with Crippen LogP contribution in [0.25, 0.3) is 0 Å². The molecule has 106 valence electrons. The maximum Gasteiger partial charge on any atom is 0.266 e. The molecule has 0 aliphatic carbocycles. The fourth-order valence-electron chi connectivity index (χ4n) is 1.73. The SMILES string of the molecule is I.NC(=O)c1[nH]cc2c1SC=C1C=NC=C1NS2(=O)=O. The van der Waals surface area contributed by atoms with Crippen molar-refractivity contribution in [2.45, 2.75) is 9.79 Å². The molecule has 4 N–H and O–H groups in total. The average Bonchev–Trinajstić information content (AvgIpc) is 2.90. The molecule has 2 aliphatic rings. The lowest BCUT2D eigenvalue weighted by Crippen LogP contribution is -2.24. The summed E-state index contributed by atoms with van der Waals surface area (Å²) in [6.45, 7) is 0. The molecule has 2 aliphatic heterocycles. The maximum absolute atomic E-state index is 12.2.